The maximum atomic E-state index is 5.92. The second-order valence-corrected chi connectivity index (χ2v) is 6.42. The van der Waals surface area contributed by atoms with E-state index in [2.05, 4.69) is 24.1 Å². The number of nitrogens with zero attached hydrogens (tertiary/aromatic N) is 1. The molecule has 0 radical (unpaired) electrons. The second kappa shape index (κ2) is 8.98. The van der Waals surface area contributed by atoms with Crippen LogP contribution in [0.2, 0.25) is 0 Å². The average Bonchev–Trinajstić information content (AvgIpc) is 2.48. The van der Waals surface area contributed by atoms with Crippen LogP contribution in [0.5, 0.6) is 0 Å². The summed E-state index contributed by atoms with van der Waals surface area (Å²) in [6, 6.07) is 0.621. The lowest BCUT2D eigenvalue weighted by Gasteiger charge is -2.35. The van der Waals surface area contributed by atoms with Crippen LogP contribution in [-0.2, 0) is 9.47 Å². The van der Waals surface area contributed by atoms with Gasteiger partial charge < -0.3 is 14.8 Å². The van der Waals surface area contributed by atoms with Crippen LogP contribution in [0.4, 0.5) is 0 Å². The fourth-order valence-corrected chi connectivity index (χ4v) is 3.13. The van der Waals surface area contributed by atoms with Crippen molar-refractivity contribution in [3.05, 3.63) is 0 Å². The van der Waals surface area contributed by atoms with Gasteiger partial charge in [-0.1, -0.05) is 19.3 Å². The predicted octanol–water partition coefficient (Wildman–Crippen LogP) is 2.03. The van der Waals surface area contributed by atoms with Crippen molar-refractivity contribution in [1.29, 1.82) is 0 Å². The lowest BCUT2D eigenvalue weighted by molar-refractivity contribution is -0.0383. The molecule has 1 unspecified atom stereocenters. The SMILES string of the molecule is CC(C)N1CCOC(CNCCOC2CCCCC2)C1. The van der Waals surface area contributed by atoms with E-state index in [9.17, 15) is 0 Å². The Hall–Kier alpha value is -0.160. The zero-order chi connectivity index (χ0) is 14.2. The third-order valence-corrected chi connectivity index (χ3v) is 4.46. The maximum absolute atomic E-state index is 5.92. The van der Waals surface area contributed by atoms with Crippen molar-refractivity contribution in [3.8, 4) is 0 Å². The largest absolute Gasteiger partial charge is 0.377 e. The first-order valence-electron chi connectivity index (χ1n) is 8.43. The molecule has 2 fully saturated rings. The van der Waals surface area contributed by atoms with Crippen LogP contribution < -0.4 is 5.32 Å². The van der Waals surface area contributed by atoms with Crippen molar-refractivity contribution in [2.75, 3.05) is 39.4 Å². The Kier molecular flexibility index (Phi) is 7.28. The Bertz CT molecular complexity index is 255. The van der Waals surface area contributed by atoms with Crippen molar-refractivity contribution in [2.45, 2.75) is 64.2 Å². The number of morpholine rings is 1. The van der Waals surface area contributed by atoms with Crippen molar-refractivity contribution in [1.82, 2.24) is 10.2 Å². The quantitative estimate of drug-likeness (QED) is 0.725. The van der Waals surface area contributed by atoms with Gasteiger partial charge >= 0.3 is 0 Å². The predicted molar refractivity (Wildman–Crippen MR) is 82.1 cm³/mol. The van der Waals surface area contributed by atoms with Gasteiger partial charge in [-0.25, -0.2) is 0 Å². The molecule has 0 aromatic rings. The van der Waals surface area contributed by atoms with E-state index in [1.54, 1.807) is 0 Å². The fourth-order valence-electron chi connectivity index (χ4n) is 3.13. The smallest absolute Gasteiger partial charge is 0.0826 e. The minimum Gasteiger partial charge on any atom is -0.377 e. The molecule has 0 aromatic heterocycles. The number of hydrogen-bond donors (Lipinski definition) is 1. The Morgan fingerprint density at radius 3 is 2.80 bits per heavy atom. The molecule has 0 bridgehead atoms. The van der Waals surface area contributed by atoms with Gasteiger partial charge in [-0.15, -0.1) is 0 Å². The summed E-state index contributed by atoms with van der Waals surface area (Å²) >= 11 is 0. The third kappa shape index (κ3) is 5.68. The summed E-state index contributed by atoms with van der Waals surface area (Å²) in [5, 5.41) is 3.48. The monoisotopic (exact) mass is 284 g/mol. The molecule has 2 aliphatic rings. The minimum atomic E-state index is 0.334. The maximum Gasteiger partial charge on any atom is 0.0826 e. The van der Waals surface area contributed by atoms with Gasteiger partial charge in [0, 0.05) is 32.2 Å². The summed E-state index contributed by atoms with van der Waals surface area (Å²) in [7, 11) is 0. The lowest BCUT2D eigenvalue weighted by Crippen LogP contribution is -2.49. The Morgan fingerprint density at radius 1 is 1.25 bits per heavy atom. The normalized spacial score (nSPS) is 26.2. The summed E-state index contributed by atoms with van der Waals surface area (Å²) in [6.07, 6.45) is 7.46. The molecule has 1 aliphatic heterocycles. The summed E-state index contributed by atoms with van der Waals surface area (Å²) in [6.45, 7) is 10.2. The summed E-state index contributed by atoms with van der Waals surface area (Å²) in [5.41, 5.74) is 0. The van der Waals surface area contributed by atoms with Crippen LogP contribution in [0, 0.1) is 0 Å². The van der Waals surface area contributed by atoms with Crippen molar-refractivity contribution < 1.29 is 9.47 Å². The van der Waals surface area contributed by atoms with Crippen molar-refractivity contribution >= 4 is 0 Å². The molecule has 1 heterocycles. The molecule has 118 valence electrons. The Morgan fingerprint density at radius 2 is 2.05 bits per heavy atom. The average molecular weight is 284 g/mol. The molecule has 2 rings (SSSR count). The molecule has 0 spiro atoms. The van der Waals surface area contributed by atoms with Crippen molar-refractivity contribution in [2.24, 2.45) is 0 Å². The van der Waals surface area contributed by atoms with Gasteiger partial charge in [-0.3, -0.25) is 4.90 Å². The first-order valence-corrected chi connectivity index (χ1v) is 8.43. The van der Waals surface area contributed by atoms with E-state index in [4.69, 9.17) is 9.47 Å². The molecule has 0 amide bonds. The van der Waals surface area contributed by atoms with Crippen LogP contribution in [0.25, 0.3) is 0 Å². The lowest BCUT2D eigenvalue weighted by atomic mass is 9.98. The standard InChI is InChI=1S/C16H32N2O2/c1-14(2)18-9-11-20-16(13-18)12-17-8-10-19-15-6-4-3-5-7-15/h14-17H,3-13H2,1-2H3. The topological polar surface area (TPSA) is 33.7 Å². The zero-order valence-electron chi connectivity index (χ0n) is 13.3. The van der Waals surface area contributed by atoms with E-state index < -0.39 is 0 Å². The van der Waals surface area contributed by atoms with E-state index >= 15 is 0 Å². The first-order chi connectivity index (χ1) is 9.75. The Balaban J connectivity index is 1.50. The molecular formula is C16H32N2O2. The van der Waals surface area contributed by atoms with Gasteiger partial charge in [0.15, 0.2) is 0 Å². The van der Waals surface area contributed by atoms with Crippen LogP contribution in [0.1, 0.15) is 46.0 Å². The van der Waals surface area contributed by atoms with Crippen LogP contribution in [-0.4, -0.2) is 62.5 Å². The highest BCUT2D eigenvalue weighted by Gasteiger charge is 2.21. The van der Waals surface area contributed by atoms with Gasteiger partial charge in [0.25, 0.3) is 0 Å². The van der Waals surface area contributed by atoms with Gasteiger partial charge in [0.05, 0.1) is 25.4 Å². The molecule has 20 heavy (non-hydrogen) atoms. The Labute approximate surface area is 124 Å². The van der Waals surface area contributed by atoms with E-state index in [-0.39, 0.29) is 0 Å². The number of ether oxygens (including phenoxy) is 2. The van der Waals surface area contributed by atoms with Gasteiger partial charge in [-0.05, 0) is 26.7 Å². The minimum absolute atomic E-state index is 0.334. The van der Waals surface area contributed by atoms with Gasteiger partial charge in [0.1, 0.15) is 0 Å². The van der Waals surface area contributed by atoms with Gasteiger partial charge in [-0.2, -0.15) is 0 Å². The molecule has 1 N–H and O–H groups in total. The number of hydrogen-bond acceptors (Lipinski definition) is 4. The van der Waals surface area contributed by atoms with E-state index in [0.29, 0.717) is 18.2 Å². The van der Waals surface area contributed by atoms with E-state index in [0.717, 1.165) is 39.4 Å². The van der Waals surface area contributed by atoms with E-state index in [1.807, 2.05) is 0 Å². The summed E-state index contributed by atoms with van der Waals surface area (Å²) < 4.78 is 11.7. The zero-order valence-corrected chi connectivity index (χ0v) is 13.3. The summed E-state index contributed by atoms with van der Waals surface area (Å²) in [4.78, 5) is 2.49. The fraction of sp³-hybridized carbons (Fsp3) is 1.00. The highest BCUT2D eigenvalue weighted by atomic mass is 16.5. The summed E-state index contributed by atoms with van der Waals surface area (Å²) in [5.74, 6) is 0. The molecular weight excluding hydrogens is 252 g/mol. The van der Waals surface area contributed by atoms with E-state index in [1.165, 1.54) is 32.1 Å². The van der Waals surface area contributed by atoms with Crippen LogP contribution >= 0.6 is 0 Å². The van der Waals surface area contributed by atoms with Crippen molar-refractivity contribution in [3.63, 3.8) is 0 Å². The number of rotatable bonds is 7. The molecule has 1 saturated carbocycles. The molecule has 4 nitrogen and oxygen atoms in total. The second-order valence-electron chi connectivity index (χ2n) is 6.42. The number of nitrogens with one attached hydrogen (secondary N) is 1. The van der Waals surface area contributed by atoms with Crippen LogP contribution in [0.15, 0.2) is 0 Å². The molecule has 1 saturated heterocycles. The highest BCUT2D eigenvalue weighted by molar-refractivity contribution is 4.75. The molecule has 1 aliphatic carbocycles. The first kappa shape index (κ1) is 16.2. The third-order valence-electron chi connectivity index (χ3n) is 4.46. The molecule has 4 heteroatoms. The molecule has 1 atom stereocenters. The van der Waals surface area contributed by atoms with Crippen LogP contribution in [0.3, 0.4) is 0 Å². The highest BCUT2D eigenvalue weighted by Crippen LogP contribution is 2.19. The van der Waals surface area contributed by atoms with Gasteiger partial charge in [0.2, 0.25) is 0 Å². The molecule has 0 aromatic carbocycles.